The Morgan fingerprint density at radius 2 is 1.88 bits per heavy atom. The summed E-state index contributed by atoms with van der Waals surface area (Å²) in [6.07, 6.45) is 1.38. The van der Waals surface area contributed by atoms with Gasteiger partial charge in [0.05, 0.1) is 11.7 Å². The van der Waals surface area contributed by atoms with Crippen LogP contribution in [0.2, 0.25) is 0 Å². The van der Waals surface area contributed by atoms with Crippen LogP contribution in [0, 0.1) is 0 Å². The number of para-hydroxylation sites is 1. The van der Waals surface area contributed by atoms with E-state index >= 15 is 0 Å². The molecule has 0 spiro atoms. The topological polar surface area (TPSA) is 36.3 Å². The summed E-state index contributed by atoms with van der Waals surface area (Å²) in [5, 5.41) is 5.39. The van der Waals surface area contributed by atoms with Crippen molar-refractivity contribution >= 4 is 10.9 Å². The molecule has 1 aromatic carbocycles. The van der Waals surface area contributed by atoms with Crippen molar-refractivity contribution in [2.45, 2.75) is 20.3 Å². The predicted molar refractivity (Wildman–Crippen MR) is 62.0 cm³/mol. The fraction of sp³-hybridized carbons (Fsp3) is 0.417. The van der Waals surface area contributed by atoms with Crippen LogP contribution in [-0.2, 0) is 9.47 Å². The standard InChI is InChI=1S/C12H16N2O2/c1-3-15-12(16-4-2)14-11-8-6-5-7-10(11)9-13-14/h5-9,12H,3-4H2,1-2H3. The van der Waals surface area contributed by atoms with Crippen molar-refractivity contribution < 1.29 is 9.47 Å². The molecule has 0 aliphatic rings. The van der Waals surface area contributed by atoms with Gasteiger partial charge in [0.15, 0.2) is 0 Å². The van der Waals surface area contributed by atoms with E-state index < -0.39 is 6.41 Å². The second-order valence-electron chi connectivity index (χ2n) is 3.37. The number of aromatic nitrogens is 2. The molecule has 0 amide bonds. The maximum atomic E-state index is 5.51. The molecule has 0 saturated carbocycles. The number of benzene rings is 1. The fourth-order valence-electron chi connectivity index (χ4n) is 1.63. The number of fused-ring (bicyclic) bond motifs is 1. The lowest BCUT2D eigenvalue weighted by molar-refractivity contribution is -0.189. The maximum absolute atomic E-state index is 5.51. The second-order valence-corrected chi connectivity index (χ2v) is 3.37. The first-order valence-electron chi connectivity index (χ1n) is 5.52. The van der Waals surface area contributed by atoms with Crippen molar-refractivity contribution in [2.24, 2.45) is 0 Å². The molecule has 0 radical (unpaired) electrons. The van der Waals surface area contributed by atoms with Crippen LogP contribution in [0.15, 0.2) is 30.5 Å². The van der Waals surface area contributed by atoms with Gasteiger partial charge in [-0.1, -0.05) is 18.2 Å². The summed E-state index contributed by atoms with van der Waals surface area (Å²) in [6.45, 7) is 5.08. The van der Waals surface area contributed by atoms with E-state index in [0.29, 0.717) is 13.2 Å². The van der Waals surface area contributed by atoms with E-state index in [2.05, 4.69) is 5.10 Å². The van der Waals surface area contributed by atoms with Crippen molar-refractivity contribution in [3.8, 4) is 0 Å². The fourth-order valence-corrected chi connectivity index (χ4v) is 1.63. The Kier molecular flexibility index (Phi) is 3.54. The lowest BCUT2D eigenvalue weighted by atomic mass is 10.3. The molecule has 0 unspecified atom stereocenters. The van der Waals surface area contributed by atoms with Crippen LogP contribution in [0.1, 0.15) is 20.3 Å². The average Bonchev–Trinajstić information content (AvgIpc) is 2.72. The Bertz CT molecular complexity index is 447. The number of ether oxygens (including phenoxy) is 2. The highest BCUT2D eigenvalue weighted by molar-refractivity contribution is 5.78. The van der Waals surface area contributed by atoms with Gasteiger partial charge in [0, 0.05) is 18.6 Å². The number of hydrogen-bond acceptors (Lipinski definition) is 3. The van der Waals surface area contributed by atoms with Gasteiger partial charge < -0.3 is 9.47 Å². The third kappa shape index (κ3) is 2.08. The molecule has 1 aromatic heterocycles. The zero-order chi connectivity index (χ0) is 11.4. The Morgan fingerprint density at radius 3 is 2.56 bits per heavy atom. The van der Waals surface area contributed by atoms with E-state index in [9.17, 15) is 0 Å². The summed E-state index contributed by atoms with van der Waals surface area (Å²) in [6, 6.07) is 8.00. The molecule has 16 heavy (non-hydrogen) atoms. The molecular formula is C12H16N2O2. The van der Waals surface area contributed by atoms with Gasteiger partial charge in [0.25, 0.3) is 6.41 Å². The summed E-state index contributed by atoms with van der Waals surface area (Å²) in [5.41, 5.74) is 1.02. The van der Waals surface area contributed by atoms with Gasteiger partial charge in [0.2, 0.25) is 0 Å². The van der Waals surface area contributed by atoms with E-state index in [4.69, 9.17) is 9.47 Å². The Hall–Kier alpha value is -1.39. The summed E-state index contributed by atoms with van der Waals surface area (Å²) in [4.78, 5) is 0. The largest absolute Gasteiger partial charge is 0.334 e. The van der Waals surface area contributed by atoms with E-state index in [-0.39, 0.29) is 0 Å². The van der Waals surface area contributed by atoms with Gasteiger partial charge in [-0.15, -0.1) is 0 Å². The van der Waals surface area contributed by atoms with Gasteiger partial charge in [-0.25, -0.2) is 4.68 Å². The van der Waals surface area contributed by atoms with E-state index in [1.165, 1.54) is 0 Å². The van der Waals surface area contributed by atoms with Crippen LogP contribution < -0.4 is 0 Å². The molecule has 86 valence electrons. The second kappa shape index (κ2) is 5.09. The molecule has 4 nitrogen and oxygen atoms in total. The molecular weight excluding hydrogens is 204 g/mol. The van der Waals surface area contributed by atoms with E-state index in [1.807, 2.05) is 44.3 Å². The van der Waals surface area contributed by atoms with Gasteiger partial charge in [-0.3, -0.25) is 0 Å². The molecule has 2 rings (SSSR count). The van der Waals surface area contributed by atoms with Crippen LogP contribution in [-0.4, -0.2) is 23.0 Å². The SMILES string of the molecule is CCOC(OCC)n1ncc2ccccc21. The lowest BCUT2D eigenvalue weighted by Gasteiger charge is -2.17. The normalized spacial score (nSPS) is 11.4. The van der Waals surface area contributed by atoms with Crippen molar-refractivity contribution in [1.29, 1.82) is 0 Å². The molecule has 4 heteroatoms. The quantitative estimate of drug-likeness (QED) is 0.726. The number of hydrogen-bond donors (Lipinski definition) is 0. The highest BCUT2D eigenvalue weighted by Gasteiger charge is 2.13. The molecule has 0 N–H and O–H groups in total. The summed E-state index contributed by atoms with van der Waals surface area (Å²) in [7, 11) is 0. The van der Waals surface area contributed by atoms with Crippen LogP contribution in [0.3, 0.4) is 0 Å². The van der Waals surface area contributed by atoms with Gasteiger partial charge in [0.1, 0.15) is 0 Å². The lowest BCUT2D eigenvalue weighted by Crippen LogP contribution is -2.17. The van der Waals surface area contributed by atoms with Crippen molar-refractivity contribution in [1.82, 2.24) is 9.78 Å². The number of rotatable bonds is 5. The molecule has 0 aliphatic heterocycles. The van der Waals surface area contributed by atoms with Crippen molar-refractivity contribution in [3.63, 3.8) is 0 Å². The van der Waals surface area contributed by atoms with Gasteiger partial charge in [-0.2, -0.15) is 5.10 Å². The molecule has 0 atom stereocenters. The summed E-state index contributed by atoms with van der Waals surface area (Å²) < 4.78 is 12.8. The van der Waals surface area contributed by atoms with Crippen LogP contribution in [0.4, 0.5) is 0 Å². The molecule has 1 heterocycles. The first kappa shape index (κ1) is 11.1. The molecule has 0 saturated heterocycles. The van der Waals surface area contributed by atoms with Gasteiger partial charge >= 0.3 is 0 Å². The number of nitrogens with zero attached hydrogens (tertiary/aromatic N) is 2. The molecule has 0 fully saturated rings. The minimum Gasteiger partial charge on any atom is -0.334 e. The predicted octanol–water partition coefficient (Wildman–Crippen LogP) is 2.57. The first-order valence-corrected chi connectivity index (χ1v) is 5.52. The Balaban J connectivity index is 2.36. The Labute approximate surface area is 94.8 Å². The zero-order valence-electron chi connectivity index (χ0n) is 9.59. The first-order chi connectivity index (χ1) is 7.86. The van der Waals surface area contributed by atoms with Crippen LogP contribution in [0.5, 0.6) is 0 Å². The van der Waals surface area contributed by atoms with Crippen LogP contribution >= 0.6 is 0 Å². The average molecular weight is 220 g/mol. The summed E-state index contributed by atoms with van der Waals surface area (Å²) in [5.74, 6) is 0. The van der Waals surface area contributed by atoms with E-state index in [1.54, 1.807) is 4.68 Å². The highest BCUT2D eigenvalue weighted by Crippen LogP contribution is 2.19. The maximum Gasteiger partial charge on any atom is 0.260 e. The third-order valence-corrected chi connectivity index (χ3v) is 2.32. The van der Waals surface area contributed by atoms with Crippen LogP contribution in [0.25, 0.3) is 10.9 Å². The highest BCUT2D eigenvalue weighted by atomic mass is 16.7. The molecule has 2 aromatic rings. The van der Waals surface area contributed by atoms with Gasteiger partial charge in [-0.05, 0) is 19.9 Å². The minimum absolute atomic E-state index is 0.435. The van der Waals surface area contributed by atoms with E-state index in [0.717, 1.165) is 10.9 Å². The smallest absolute Gasteiger partial charge is 0.260 e. The van der Waals surface area contributed by atoms with Crippen molar-refractivity contribution in [2.75, 3.05) is 13.2 Å². The third-order valence-electron chi connectivity index (χ3n) is 2.32. The molecule has 0 bridgehead atoms. The minimum atomic E-state index is -0.435. The van der Waals surface area contributed by atoms with Crippen molar-refractivity contribution in [3.05, 3.63) is 30.5 Å². The zero-order valence-corrected chi connectivity index (χ0v) is 9.59. The Morgan fingerprint density at radius 1 is 1.19 bits per heavy atom. The molecule has 0 aliphatic carbocycles. The monoisotopic (exact) mass is 220 g/mol. The summed E-state index contributed by atoms with van der Waals surface area (Å²) >= 11 is 0.